The van der Waals surface area contributed by atoms with Gasteiger partial charge in [-0.2, -0.15) is 13.2 Å². The van der Waals surface area contributed by atoms with Crippen LogP contribution in [0.5, 0.6) is 0 Å². The first-order valence-electron chi connectivity index (χ1n) is 6.38. The molecule has 0 aliphatic heterocycles. The molecule has 1 atom stereocenters. The fraction of sp³-hybridized carbons (Fsp3) is 0.615. The molecule has 1 aromatic heterocycles. The van der Waals surface area contributed by atoms with Gasteiger partial charge in [-0.05, 0) is 31.2 Å². The quantitative estimate of drug-likeness (QED) is 0.807. The Labute approximate surface area is 119 Å². The predicted molar refractivity (Wildman–Crippen MR) is 69.4 cm³/mol. The molecule has 0 bridgehead atoms. The fourth-order valence-electron chi connectivity index (χ4n) is 1.87. The lowest BCUT2D eigenvalue weighted by molar-refractivity contribution is -0.188. The second-order valence-electron chi connectivity index (χ2n) is 4.85. The zero-order valence-electron chi connectivity index (χ0n) is 11.0. The minimum atomic E-state index is -4.41. The van der Waals surface area contributed by atoms with E-state index in [2.05, 4.69) is 4.74 Å². The minimum absolute atomic E-state index is 0.140. The van der Waals surface area contributed by atoms with E-state index in [1.54, 1.807) is 4.90 Å². The van der Waals surface area contributed by atoms with Crippen LogP contribution in [0.4, 0.5) is 13.2 Å². The smallest absolute Gasteiger partial charge is 0.359 e. The van der Waals surface area contributed by atoms with E-state index in [1.807, 2.05) is 17.5 Å². The molecular formula is C13H16F3NO2S. The summed E-state index contributed by atoms with van der Waals surface area (Å²) in [6.45, 7) is 0.427. The van der Waals surface area contributed by atoms with Crippen LogP contribution in [0.25, 0.3) is 0 Å². The number of amides is 1. The lowest BCUT2D eigenvalue weighted by Crippen LogP contribution is -2.41. The largest absolute Gasteiger partial charge is 0.411 e. The van der Waals surface area contributed by atoms with E-state index in [4.69, 9.17) is 0 Å². The Morgan fingerprint density at radius 1 is 1.55 bits per heavy atom. The minimum Gasteiger partial charge on any atom is -0.359 e. The van der Waals surface area contributed by atoms with Crippen molar-refractivity contribution in [1.29, 1.82) is 0 Å². The molecule has 0 spiro atoms. The van der Waals surface area contributed by atoms with Crippen molar-refractivity contribution in [2.24, 2.45) is 0 Å². The van der Waals surface area contributed by atoms with Gasteiger partial charge in [0, 0.05) is 10.9 Å². The molecule has 3 nitrogen and oxygen atoms in total. The van der Waals surface area contributed by atoms with Crippen LogP contribution in [0, 0.1) is 0 Å². The van der Waals surface area contributed by atoms with Gasteiger partial charge < -0.3 is 9.64 Å². The monoisotopic (exact) mass is 307 g/mol. The van der Waals surface area contributed by atoms with Gasteiger partial charge in [-0.3, -0.25) is 4.79 Å². The zero-order valence-corrected chi connectivity index (χ0v) is 11.8. The third-order valence-corrected chi connectivity index (χ3v) is 3.88. The highest BCUT2D eigenvalue weighted by molar-refractivity contribution is 7.09. The highest BCUT2D eigenvalue weighted by Crippen LogP contribution is 2.30. The lowest BCUT2D eigenvalue weighted by Gasteiger charge is -2.25. The first kappa shape index (κ1) is 15.3. The number of ether oxygens (including phenoxy) is 1. The number of carbonyl (C=O) groups excluding carboxylic acids is 1. The van der Waals surface area contributed by atoms with Gasteiger partial charge in [-0.15, -0.1) is 11.3 Å². The van der Waals surface area contributed by atoms with Crippen LogP contribution in [0.2, 0.25) is 0 Å². The van der Waals surface area contributed by atoms with Crippen LogP contribution in [-0.2, 0) is 16.1 Å². The maximum atomic E-state index is 12.2. The molecule has 0 saturated heterocycles. The Morgan fingerprint density at radius 2 is 2.25 bits per heavy atom. The summed E-state index contributed by atoms with van der Waals surface area (Å²) in [5.41, 5.74) is 0. The summed E-state index contributed by atoms with van der Waals surface area (Å²) in [6.07, 6.45) is -3.67. The summed E-state index contributed by atoms with van der Waals surface area (Å²) < 4.78 is 41.0. The molecule has 1 unspecified atom stereocenters. The number of nitrogens with zero attached hydrogens (tertiary/aromatic N) is 1. The van der Waals surface area contributed by atoms with Gasteiger partial charge in [0.1, 0.15) is 12.7 Å². The van der Waals surface area contributed by atoms with E-state index < -0.39 is 18.9 Å². The predicted octanol–water partition coefficient (Wildman–Crippen LogP) is 3.21. The maximum absolute atomic E-state index is 12.2. The van der Waals surface area contributed by atoms with Crippen molar-refractivity contribution in [3.05, 3.63) is 22.4 Å². The topological polar surface area (TPSA) is 29.5 Å². The molecule has 1 heterocycles. The van der Waals surface area contributed by atoms with Crippen molar-refractivity contribution >= 4 is 17.2 Å². The van der Waals surface area contributed by atoms with E-state index in [-0.39, 0.29) is 11.9 Å². The molecule has 2 rings (SSSR count). The third-order valence-electron chi connectivity index (χ3n) is 3.02. The SMILES string of the molecule is CC(OCC(F)(F)F)C(=O)N(Cc1cccs1)C1CC1. The molecule has 0 radical (unpaired) electrons. The van der Waals surface area contributed by atoms with Crippen molar-refractivity contribution in [2.45, 2.75) is 44.6 Å². The zero-order chi connectivity index (χ0) is 14.8. The molecular weight excluding hydrogens is 291 g/mol. The Kier molecular flexibility index (Phi) is 4.70. The average molecular weight is 307 g/mol. The molecule has 1 fully saturated rings. The van der Waals surface area contributed by atoms with Crippen LogP contribution in [0.15, 0.2) is 17.5 Å². The second kappa shape index (κ2) is 6.13. The van der Waals surface area contributed by atoms with E-state index in [1.165, 1.54) is 18.3 Å². The van der Waals surface area contributed by atoms with Crippen LogP contribution >= 0.6 is 11.3 Å². The Morgan fingerprint density at radius 3 is 2.75 bits per heavy atom. The molecule has 1 saturated carbocycles. The van der Waals surface area contributed by atoms with Gasteiger partial charge >= 0.3 is 6.18 Å². The van der Waals surface area contributed by atoms with E-state index in [0.29, 0.717) is 6.54 Å². The second-order valence-corrected chi connectivity index (χ2v) is 5.88. The molecule has 0 N–H and O–H groups in total. The number of hydrogen-bond acceptors (Lipinski definition) is 3. The standard InChI is InChI=1S/C13H16F3NO2S/c1-9(19-8-13(14,15)16)12(18)17(10-4-5-10)7-11-3-2-6-20-11/h2-3,6,9-10H,4-5,7-8H2,1H3. The maximum Gasteiger partial charge on any atom is 0.411 e. The number of halogens is 3. The van der Waals surface area contributed by atoms with Gasteiger partial charge in [-0.1, -0.05) is 6.07 Å². The molecule has 20 heavy (non-hydrogen) atoms. The van der Waals surface area contributed by atoms with E-state index in [0.717, 1.165) is 17.7 Å². The number of hydrogen-bond donors (Lipinski definition) is 0. The van der Waals surface area contributed by atoms with Gasteiger partial charge in [0.05, 0.1) is 6.54 Å². The highest BCUT2D eigenvalue weighted by Gasteiger charge is 2.36. The van der Waals surface area contributed by atoms with Crippen molar-refractivity contribution < 1.29 is 22.7 Å². The van der Waals surface area contributed by atoms with E-state index >= 15 is 0 Å². The summed E-state index contributed by atoms with van der Waals surface area (Å²) in [6, 6.07) is 3.94. The van der Waals surface area contributed by atoms with Crippen molar-refractivity contribution in [3.8, 4) is 0 Å². The van der Waals surface area contributed by atoms with Crippen molar-refractivity contribution in [1.82, 2.24) is 4.90 Å². The molecule has 1 aromatic rings. The van der Waals surface area contributed by atoms with Crippen LogP contribution < -0.4 is 0 Å². The number of rotatable bonds is 6. The number of alkyl halides is 3. The third kappa shape index (κ3) is 4.49. The van der Waals surface area contributed by atoms with Crippen LogP contribution in [0.1, 0.15) is 24.6 Å². The van der Waals surface area contributed by atoms with Crippen LogP contribution in [0.3, 0.4) is 0 Å². The molecule has 0 aromatic carbocycles. The van der Waals surface area contributed by atoms with Crippen molar-refractivity contribution in [2.75, 3.05) is 6.61 Å². The van der Waals surface area contributed by atoms with Gasteiger partial charge in [0.25, 0.3) is 5.91 Å². The van der Waals surface area contributed by atoms with E-state index in [9.17, 15) is 18.0 Å². The number of carbonyl (C=O) groups is 1. The normalized spacial score (nSPS) is 17.0. The lowest BCUT2D eigenvalue weighted by atomic mass is 10.3. The van der Waals surface area contributed by atoms with Gasteiger partial charge in [0.15, 0.2) is 0 Å². The molecule has 1 amide bonds. The Balaban J connectivity index is 1.93. The summed E-state index contributed by atoms with van der Waals surface area (Å²) in [5, 5.41) is 1.91. The first-order chi connectivity index (χ1) is 9.37. The number of thiophene rings is 1. The summed E-state index contributed by atoms with van der Waals surface area (Å²) in [7, 11) is 0. The molecule has 7 heteroatoms. The van der Waals surface area contributed by atoms with Crippen LogP contribution in [-0.4, -0.2) is 35.7 Å². The Hall–Kier alpha value is -1.08. The highest BCUT2D eigenvalue weighted by atomic mass is 32.1. The average Bonchev–Trinajstić information content (AvgIpc) is 3.08. The first-order valence-corrected chi connectivity index (χ1v) is 7.26. The van der Waals surface area contributed by atoms with Crippen molar-refractivity contribution in [3.63, 3.8) is 0 Å². The molecule has 112 valence electrons. The fourth-order valence-corrected chi connectivity index (χ4v) is 2.57. The summed E-state index contributed by atoms with van der Waals surface area (Å²) >= 11 is 1.53. The molecule has 1 aliphatic carbocycles. The molecule has 1 aliphatic rings. The van der Waals surface area contributed by atoms with Gasteiger partial charge in [0.2, 0.25) is 0 Å². The summed E-state index contributed by atoms with van der Waals surface area (Å²) in [5.74, 6) is -0.370. The summed E-state index contributed by atoms with van der Waals surface area (Å²) in [4.78, 5) is 14.9. The van der Waals surface area contributed by atoms with Gasteiger partial charge in [-0.25, -0.2) is 0 Å². The Bertz CT molecular complexity index is 443.